The molecule has 5 aromatic carbocycles. The molecule has 0 spiro atoms. The predicted octanol–water partition coefficient (Wildman–Crippen LogP) is 8.72. The third-order valence-electron chi connectivity index (χ3n) is 6.19. The van der Waals surface area contributed by atoms with Crippen molar-refractivity contribution in [3.05, 3.63) is 151 Å². The van der Waals surface area contributed by atoms with Crippen LogP contribution in [0.15, 0.2) is 134 Å². The molecule has 0 aliphatic carbocycles. The van der Waals surface area contributed by atoms with Gasteiger partial charge in [0.25, 0.3) is 0 Å². The van der Waals surface area contributed by atoms with Crippen LogP contribution in [0, 0.1) is 0 Å². The molecule has 0 aliphatic heterocycles. The van der Waals surface area contributed by atoms with Crippen molar-refractivity contribution in [3.8, 4) is 5.75 Å². The summed E-state index contributed by atoms with van der Waals surface area (Å²) in [6.45, 7) is 4.02. The summed E-state index contributed by atoms with van der Waals surface area (Å²) in [5.74, 6) is 0.830. The summed E-state index contributed by atoms with van der Waals surface area (Å²) in [6, 6.07) is 42.1. The molecular weight excluding hydrogens is 426 g/mol. The first-order chi connectivity index (χ1) is 17.3. The highest BCUT2D eigenvalue weighted by molar-refractivity contribution is 6.02. The minimum atomic E-state index is 0.830. The van der Waals surface area contributed by atoms with Crippen LogP contribution in [0.25, 0.3) is 22.4 Å². The quantitative estimate of drug-likeness (QED) is 0.244. The van der Waals surface area contributed by atoms with Gasteiger partial charge in [0.05, 0.1) is 12.8 Å². The summed E-state index contributed by atoms with van der Waals surface area (Å²) in [6.07, 6.45) is 4.15. The average Bonchev–Trinajstić information content (AvgIpc) is 2.94. The van der Waals surface area contributed by atoms with Crippen LogP contribution in [-0.2, 0) is 0 Å². The molecule has 5 rings (SSSR count). The number of benzene rings is 5. The van der Waals surface area contributed by atoms with Crippen molar-refractivity contribution in [1.29, 1.82) is 0 Å². The first-order valence-electron chi connectivity index (χ1n) is 11.7. The second-order valence-electron chi connectivity index (χ2n) is 8.27. The van der Waals surface area contributed by atoms with E-state index in [0.29, 0.717) is 0 Å². The molecule has 0 bridgehead atoms. The molecule has 0 amide bonds. The Morgan fingerprint density at radius 1 is 0.657 bits per heavy atom. The Morgan fingerprint density at radius 2 is 1.23 bits per heavy atom. The van der Waals surface area contributed by atoms with E-state index in [1.165, 1.54) is 5.39 Å². The fourth-order valence-electron chi connectivity index (χ4n) is 4.40. The summed E-state index contributed by atoms with van der Waals surface area (Å²) in [5, 5.41) is 2.34. The van der Waals surface area contributed by atoms with Crippen molar-refractivity contribution in [2.75, 3.05) is 12.0 Å². The molecule has 0 unspecified atom stereocenters. The predicted molar refractivity (Wildman–Crippen MR) is 149 cm³/mol. The highest BCUT2D eigenvalue weighted by atomic mass is 16.5. The number of ether oxygens (including phenoxy) is 1. The van der Waals surface area contributed by atoms with Gasteiger partial charge in [-0.1, -0.05) is 104 Å². The van der Waals surface area contributed by atoms with Crippen LogP contribution in [0.1, 0.15) is 16.7 Å². The van der Waals surface area contributed by atoms with E-state index in [4.69, 9.17) is 4.74 Å². The van der Waals surface area contributed by atoms with Crippen LogP contribution in [0.5, 0.6) is 5.75 Å². The topological polar surface area (TPSA) is 12.5 Å². The average molecular weight is 454 g/mol. The summed E-state index contributed by atoms with van der Waals surface area (Å²) in [7, 11) is 1.69. The third kappa shape index (κ3) is 4.60. The van der Waals surface area contributed by atoms with E-state index in [-0.39, 0.29) is 0 Å². The molecule has 2 heteroatoms. The number of hydrogen-bond acceptors (Lipinski definition) is 2. The first-order valence-corrected chi connectivity index (χ1v) is 11.7. The second-order valence-corrected chi connectivity index (χ2v) is 8.27. The number of rotatable bonds is 7. The molecule has 0 aromatic heterocycles. The van der Waals surface area contributed by atoms with Crippen LogP contribution in [0.3, 0.4) is 0 Å². The van der Waals surface area contributed by atoms with Crippen LogP contribution in [-0.4, -0.2) is 7.11 Å². The number of methoxy groups -OCH3 is 1. The van der Waals surface area contributed by atoms with Crippen molar-refractivity contribution in [3.63, 3.8) is 0 Å². The molecule has 35 heavy (non-hydrogen) atoms. The molecule has 5 aromatic rings. The van der Waals surface area contributed by atoms with Gasteiger partial charge < -0.3 is 9.64 Å². The van der Waals surface area contributed by atoms with Gasteiger partial charge in [-0.25, -0.2) is 0 Å². The molecule has 0 N–H and O–H groups in total. The third-order valence-corrected chi connectivity index (χ3v) is 6.19. The van der Waals surface area contributed by atoms with Crippen molar-refractivity contribution in [1.82, 2.24) is 0 Å². The highest BCUT2D eigenvalue weighted by Crippen LogP contribution is 2.37. The van der Waals surface area contributed by atoms with Gasteiger partial charge in [0.1, 0.15) is 5.75 Å². The largest absolute Gasteiger partial charge is 0.497 e. The first kappa shape index (κ1) is 22.2. The summed E-state index contributed by atoms with van der Waals surface area (Å²) in [5.41, 5.74) is 6.72. The van der Waals surface area contributed by atoms with Gasteiger partial charge in [-0.2, -0.15) is 0 Å². The van der Waals surface area contributed by atoms with Gasteiger partial charge in [0, 0.05) is 22.8 Å². The lowest BCUT2D eigenvalue weighted by atomic mass is 9.98. The number of hydrogen-bond donors (Lipinski definition) is 0. The van der Waals surface area contributed by atoms with E-state index >= 15 is 0 Å². The van der Waals surface area contributed by atoms with E-state index in [9.17, 15) is 0 Å². The molecule has 0 heterocycles. The van der Waals surface area contributed by atoms with Crippen molar-refractivity contribution < 1.29 is 4.74 Å². The smallest absolute Gasteiger partial charge is 0.119 e. The Labute approximate surface area is 207 Å². The summed E-state index contributed by atoms with van der Waals surface area (Å²) >= 11 is 0. The second kappa shape index (κ2) is 10.1. The number of fused-ring (bicyclic) bond motifs is 1. The Balaban J connectivity index is 1.78. The summed E-state index contributed by atoms with van der Waals surface area (Å²) in [4.78, 5) is 2.27. The van der Waals surface area contributed by atoms with E-state index in [1.807, 2.05) is 18.2 Å². The maximum atomic E-state index is 5.43. The highest BCUT2D eigenvalue weighted by Gasteiger charge is 2.15. The molecule has 0 atom stereocenters. The molecular formula is C33H27NO. The molecule has 170 valence electrons. The Hall–Kier alpha value is -4.56. The van der Waals surface area contributed by atoms with Crippen molar-refractivity contribution >= 4 is 33.8 Å². The van der Waals surface area contributed by atoms with Gasteiger partial charge in [0.15, 0.2) is 0 Å². The molecule has 2 nitrogen and oxygen atoms in total. The van der Waals surface area contributed by atoms with E-state index in [0.717, 1.165) is 44.8 Å². The fourth-order valence-corrected chi connectivity index (χ4v) is 4.40. The van der Waals surface area contributed by atoms with Gasteiger partial charge in [-0.3, -0.25) is 0 Å². The van der Waals surface area contributed by atoms with Crippen LogP contribution >= 0.6 is 0 Å². The lowest BCUT2D eigenvalue weighted by molar-refractivity contribution is 0.415. The standard InChI is InChI=1S/C33H27NO/c1-3-25-18-23-33(31-17-11-10-16-30(25)31)34(28-19-21-29(35-2)22-20-28)24-32(26-12-6-4-7-13-26)27-14-8-5-9-15-27/h3-24H,1H2,2H3. The van der Waals surface area contributed by atoms with Crippen LogP contribution in [0.2, 0.25) is 0 Å². The molecule has 0 saturated carbocycles. The Bertz CT molecular complexity index is 1430. The van der Waals surface area contributed by atoms with Crippen molar-refractivity contribution in [2.45, 2.75) is 0 Å². The SMILES string of the molecule is C=Cc1ccc(N(C=C(c2ccccc2)c2ccccc2)c2ccc(OC)cc2)c2ccccc12. The minimum absolute atomic E-state index is 0.830. The zero-order valence-corrected chi connectivity index (χ0v) is 19.8. The Morgan fingerprint density at radius 3 is 1.80 bits per heavy atom. The molecule has 0 aliphatic rings. The number of nitrogens with zero attached hydrogens (tertiary/aromatic N) is 1. The number of anilines is 2. The molecule has 0 saturated heterocycles. The molecule has 0 radical (unpaired) electrons. The maximum Gasteiger partial charge on any atom is 0.119 e. The lowest BCUT2D eigenvalue weighted by Gasteiger charge is -2.25. The zero-order chi connectivity index (χ0) is 24.0. The van der Waals surface area contributed by atoms with Crippen LogP contribution in [0.4, 0.5) is 11.4 Å². The van der Waals surface area contributed by atoms with E-state index in [1.54, 1.807) is 7.11 Å². The fraction of sp³-hybridized carbons (Fsp3) is 0.0303. The zero-order valence-electron chi connectivity index (χ0n) is 19.8. The normalized spacial score (nSPS) is 10.5. The van der Waals surface area contributed by atoms with E-state index in [2.05, 4.69) is 127 Å². The lowest BCUT2D eigenvalue weighted by Crippen LogP contribution is -2.11. The van der Waals surface area contributed by atoms with Crippen molar-refractivity contribution in [2.24, 2.45) is 0 Å². The maximum absolute atomic E-state index is 5.43. The van der Waals surface area contributed by atoms with Gasteiger partial charge in [-0.15, -0.1) is 0 Å². The molecule has 0 fully saturated rings. The van der Waals surface area contributed by atoms with Crippen LogP contribution < -0.4 is 9.64 Å². The van der Waals surface area contributed by atoms with Gasteiger partial charge in [0.2, 0.25) is 0 Å². The van der Waals surface area contributed by atoms with Gasteiger partial charge in [-0.05, 0) is 52.4 Å². The van der Waals surface area contributed by atoms with E-state index < -0.39 is 0 Å². The Kier molecular flexibility index (Phi) is 6.45. The van der Waals surface area contributed by atoms with Gasteiger partial charge >= 0.3 is 0 Å². The minimum Gasteiger partial charge on any atom is -0.497 e. The monoisotopic (exact) mass is 453 g/mol. The summed E-state index contributed by atoms with van der Waals surface area (Å²) < 4.78 is 5.43.